The molecule has 2 aliphatic rings. The zero-order valence-corrected chi connectivity index (χ0v) is 29.7. The van der Waals surface area contributed by atoms with Crippen molar-refractivity contribution >= 4 is 40.1 Å². The SMILES string of the molecule is CC(C)(CN1C(=O)c2cccc3ccc([N+](=O)[O-])c(c23)C1=O)C[N+](C)(C)CCCCCC[N+](C)(C)CCCN1C(=O)c2ccccc2C1=O. The third-order valence-corrected chi connectivity index (χ3v) is 9.90. The summed E-state index contributed by atoms with van der Waals surface area (Å²) in [4.78, 5) is 66.4. The molecule has 0 N–H and O–H groups in total. The van der Waals surface area contributed by atoms with Gasteiger partial charge in [-0.15, -0.1) is 0 Å². The Morgan fingerprint density at radius 2 is 1.20 bits per heavy atom. The van der Waals surface area contributed by atoms with Crippen LogP contribution in [0, 0.1) is 15.5 Å². The lowest BCUT2D eigenvalue weighted by molar-refractivity contribution is -0.896. The van der Waals surface area contributed by atoms with Gasteiger partial charge in [0.05, 0.1) is 70.4 Å². The number of nitrogens with zero attached hydrogens (tertiary/aromatic N) is 5. The quantitative estimate of drug-likeness (QED) is 0.0628. The van der Waals surface area contributed by atoms with E-state index < -0.39 is 22.2 Å². The van der Waals surface area contributed by atoms with Crippen LogP contribution in [0.5, 0.6) is 0 Å². The van der Waals surface area contributed by atoms with E-state index in [1.165, 1.54) is 15.9 Å². The zero-order valence-electron chi connectivity index (χ0n) is 29.7. The van der Waals surface area contributed by atoms with E-state index in [1.807, 2.05) is 13.8 Å². The Kier molecular flexibility index (Phi) is 10.1. The van der Waals surface area contributed by atoms with Crippen molar-refractivity contribution in [2.24, 2.45) is 5.41 Å². The number of rotatable bonds is 16. The maximum absolute atomic E-state index is 13.7. The minimum absolute atomic E-state index is 0.00757. The largest absolute Gasteiger partial charge is 0.328 e. The van der Waals surface area contributed by atoms with E-state index in [0.29, 0.717) is 34.0 Å². The highest BCUT2D eigenvalue weighted by atomic mass is 16.6. The number of quaternary nitrogens is 2. The first-order valence-corrected chi connectivity index (χ1v) is 17.2. The van der Waals surface area contributed by atoms with Crippen LogP contribution in [-0.2, 0) is 0 Å². The van der Waals surface area contributed by atoms with Gasteiger partial charge < -0.3 is 8.97 Å². The van der Waals surface area contributed by atoms with E-state index >= 15 is 0 Å². The van der Waals surface area contributed by atoms with Crippen molar-refractivity contribution in [3.05, 3.63) is 87.0 Å². The fourth-order valence-electron chi connectivity index (χ4n) is 7.79. The summed E-state index contributed by atoms with van der Waals surface area (Å²) in [5, 5.41) is 12.8. The number of carbonyl (C=O) groups excluding carboxylic acids is 4. The van der Waals surface area contributed by atoms with Gasteiger partial charge in [0.15, 0.2) is 0 Å². The molecule has 3 aromatic rings. The lowest BCUT2D eigenvalue weighted by atomic mass is 9.87. The van der Waals surface area contributed by atoms with Crippen LogP contribution in [0.4, 0.5) is 5.69 Å². The average molecular weight is 672 g/mol. The molecule has 3 aromatic carbocycles. The Bertz CT molecular complexity index is 1780. The summed E-state index contributed by atoms with van der Waals surface area (Å²) in [5.41, 5.74) is 0.600. The Morgan fingerprint density at radius 1 is 0.653 bits per heavy atom. The van der Waals surface area contributed by atoms with Gasteiger partial charge in [-0.05, 0) is 55.3 Å². The summed E-state index contributed by atoms with van der Waals surface area (Å²) in [6.07, 6.45) is 5.07. The van der Waals surface area contributed by atoms with E-state index in [9.17, 15) is 29.3 Å². The van der Waals surface area contributed by atoms with Gasteiger partial charge in [-0.1, -0.05) is 38.1 Å². The fourth-order valence-corrected chi connectivity index (χ4v) is 7.79. The van der Waals surface area contributed by atoms with E-state index in [-0.39, 0.29) is 29.6 Å². The van der Waals surface area contributed by atoms with Crippen molar-refractivity contribution in [1.82, 2.24) is 9.80 Å². The molecule has 5 rings (SSSR count). The van der Waals surface area contributed by atoms with Gasteiger partial charge in [-0.2, -0.15) is 0 Å². The molecule has 0 atom stereocenters. The highest BCUT2D eigenvalue weighted by molar-refractivity contribution is 6.27. The summed E-state index contributed by atoms with van der Waals surface area (Å²) in [6, 6.07) is 15.1. The van der Waals surface area contributed by atoms with Crippen LogP contribution in [-0.4, -0.2) is 115 Å². The molecule has 2 heterocycles. The fraction of sp³-hybridized carbons (Fsp3) is 0.474. The Hall–Kier alpha value is -4.48. The summed E-state index contributed by atoms with van der Waals surface area (Å²) >= 11 is 0. The van der Waals surface area contributed by atoms with Crippen LogP contribution >= 0.6 is 0 Å². The molecule has 0 aliphatic carbocycles. The van der Waals surface area contributed by atoms with E-state index in [4.69, 9.17) is 0 Å². The zero-order chi connectivity index (χ0) is 35.7. The molecule has 4 amide bonds. The molecule has 49 heavy (non-hydrogen) atoms. The lowest BCUT2D eigenvalue weighted by Gasteiger charge is -2.40. The molecule has 0 radical (unpaired) electrons. The van der Waals surface area contributed by atoms with Crippen molar-refractivity contribution in [2.75, 3.05) is 67.5 Å². The highest BCUT2D eigenvalue weighted by Gasteiger charge is 2.42. The topological polar surface area (TPSA) is 118 Å². The molecule has 0 aromatic heterocycles. The van der Waals surface area contributed by atoms with Gasteiger partial charge in [-0.25, -0.2) is 0 Å². The Morgan fingerprint density at radius 3 is 1.82 bits per heavy atom. The molecule has 0 saturated carbocycles. The number of nitro benzene ring substituents is 1. The summed E-state index contributed by atoms with van der Waals surface area (Å²) < 4.78 is 1.55. The first-order valence-electron chi connectivity index (χ1n) is 17.2. The van der Waals surface area contributed by atoms with E-state index in [2.05, 4.69) is 28.2 Å². The molecule has 260 valence electrons. The molecule has 11 heteroatoms. The van der Waals surface area contributed by atoms with Crippen molar-refractivity contribution < 1.29 is 33.1 Å². The number of hydrogen-bond donors (Lipinski definition) is 0. The number of carbonyl (C=O) groups is 4. The van der Waals surface area contributed by atoms with Gasteiger partial charge in [0.25, 0.3) is 29.3 Å². The van der Waals surface area contributed by atoms with Crippen LogP contribution in [0.15, 0.2) is 54.6 Å². The second-order valence-electron chi connectivity index (χ2n) is 15.8. The predicted molar refractivity (Wildman–Crippen MR) is 188 cm³/mol. The molecule has 0 bridgehead atoms. The smallest absolute Gasteiger partial charge is 0.282 e. The Balaban J connectivity index is 1.06. The maximum atomic E-state index is 13.7. The minimum atomic E-state index is -0.607. The van der Waals surface area contributed by atoms with Gasteiger partial charge in [0.2, 0.25) is 0 Å². The van der Waals surface area contributed by atoms with Crippen molar-refractivity contribution in [1.29, 1.82) is 0 Å². The molecular weight excluding hydrogens is 622 g/mol. The van der Waals surface area contributed by atoms with Crippen molar-refractivity contribution in [3.8, 4) is 0 Å². The van der Waals surface area contributed by atoms with Crippen molar-refractivity contribution in [2.45, 2.75) is 46.0 Å². The van der Waals surface area contributed by atoms with Crippen LogP contribution in [0.2, 0.25) is 0 Å². The number of imide groups is 2. The minimum Gasteiger partial charge on any atom is -0.328 e. The molecule has 11 nitrogen and oxygen atoms in total. The van der Waals surface area contributed by atoms with Gasteiger partial charge >= 0.3 is 0 Å². The molecule has 0 spiro atoms. The van der Waals surface area contributed by atoms with Crippen molar-refractivity contribution in [3.63, 3.8) is 0 Å². The lowest BCUT2D eigenvalue weighted by Crippen LogP contribution is -2.53. The summed E-state index contributed by atoms with van der Waals surface area (Å²) in [7, 11) is 8.71. The van der Waals surface area contributed by atoms with Gasteiger partial charge in [0, 0.05) is 41.9 Å². The second kappa shape index (κ2) is 13.8. The third-order valence-electron chi connectivity index (χ3n) is 9.90. The number of amides is 4. The molecule has 0 saturated heterocycles. The predicted octanol–water partition coefficient (Wildman–Crippen LogP) is 5.77. The first-order chi connectivity index (χ1) is 23.0. The monoisotopic (exact) mass is 671 g/mol. The normalized spacial score (nSPS) is 15.1. The molecule has 0 unspecified atom stereocenters. The summed E-state index contributed by atoms with van der Waals surface area (Å²) in [5.74, 6) is -1.41. The standard InChI is InChI=1S/C38H49N5O6/c1-38(2,25-40-36(46)30-18-13-15-27-19-20-31(41(48)49)33(32(27)30)37(40)47)26-43(5,6)23-12-8-7-11-22-42(3,4)24-14-21-39-34(44)28-16-9-10-17-29(28)35(39)45/h9-10,13,15-20H,7-8,11-12,14,21-26H2,1-6H3/q+2. The first kappa shape index (κ1) is 35.8. The summed E-state index contributed by atoms with van der Waals surface area (Å²) in [6.45, 7) is 8.22. The number of benzene rings is 3. The van der Waals surface area contributed by atoms with Gasteiger partial charge in [0.1, 0.15) is 5.56 Å². The third kappa shape index (κ3) is 7.73. The second-order valence-corrected chi connectivity index (χ2v) is 15.8. The number of fused-ring (bicyclic) bond motifs is 1. The van der Waals surface area contributed by atoms with E-state index in [0.717, 1.165) is 67.2 Å². The molecule has 0 fully saturated rings. The van der Waals surface area contributed by atoms with Crippen LogP contribution in [0.3, 0.4) is 0 Å². The van der Waals surface area contributed by atoms with Crippen LogP contribution in [0.1, 0.15) is 87.4 Å². The Labute approximate surface area is 288 Å². The van der Waals surface area contributed by atoms with Crippen LogP contribution in [0.25, 0.3) is 10.8 Å². The van der Waals surface area contributed by atoms with E-state index in [1.54, 1.807) is 48.5 Å². The molecule has 2 aliphatic heterocycles. The molecular formula is C38H49N5O6+2. The highest BCUT2D eigenvalue weighted by Crippen LogP contribution is 2.37. The number of unbranched alkanes of at least 4 members (excludes halogenated alkanes) is 3. The van der Waals surface area contributed by atoms with Crippen LogP contribution < -0.4 is 0 Å². The number of hydrogen-bond acceptors (Lipinski definition) is 6. The number of nitro groups is 1. The maximum Gasteiger partial charge on any atom is 0.282 e. The average Bonchev–Trinajstić information content (AvgIpc) is 3.27. The van der Waals surface area contributed by atoms with Gasteiger partial charge in [-0.3, -0.25) is 39.1 Å².